The summed E-state index contributed by atoms with van der Waals surface area (Å²) in [6.45, 7) is 2.75. The van der Waals surface area contributed by atoms with Gasteiger partial charge in [0.25, 0.3) is 0 Å². The summed E-state index contributed by atoms with van der Waals surface area (Å²) in [6, 6.07) is 4.03. The molecule has 2 amide bonds. The van der Waals surface area contributed by atoms with Gasteiger partial charge in [-0.05, 0) is 30.9 Å². The summed E-state index contributed by atoms with van der Waals surface area (Å²) in [5.74, 6) is -0.801. The summed E-state index contributed by atoms with van der Waals surface area (Å²) >= 11 is 2.64. The molecular weight excluding hydrogens is 481 g/mol. The molecule has 0 spiro atoms. The summed E-state index contributed by atoms with van der Waals surface area (Å²) in [5, 5.41) is 12.2. The molecule has 2 aromatic rings. The average Bonchev–Trinajstić information content (AvgIpc) is 3.48. The number of carbonyl (C=O) groups excluding carboxylic acids is 1. The number of carbonyl (C=O) groups is 2. The zero-order valence-corrected chi connectivity index (χ0v) is 20.9. The number of nitrogens with zero attached hydrogens (tertiary/aromatic N) is 2. The molecule has 34 heavy (non-hydrogen) atoms. The first-order chi connectivity index (χ1) is 16.4. The number of hydrogen-bond acceptors (Lipinski definition) is 7. The first-order valence-corrected chi connectivity index (χ1v) is 13.0. The minimum absolute atomic E-state index is 0.185. The lowest BCUT2D eigenvalue weighted by atomic mass is 10.1. The number of thiazole rings is 1. The van der Waals surface area contributed by atoms with Crippen LogP contribution < -0.4 is 15.0 Å². The molecule has 1 aliphatic rings. The molecular formula is C23H30FN3O5S2. The minimum Gasteiger partial charge on any atom is -0.491 e. The predicted molar refractivity (Wildman–Crippen MR) is 132 cm³/mol. The van der Waals surface area contributed by atoms with E-state index in [1.54, 1.807) is 32.4 Å². The van der Waals surface area contributed by atoms with Crippen molar-refractivity contribution >= 4 is 45.9 Å². The fourth-order valence-electron chi connectivity index (χ4n) is 3.60. The molecule has 1 heterocycles. The van der Waals surface area contributed by atoms with Gasteiger partial charge in [-0.2, -0.15) is 0 Å². The van der Waals surface area contributed by atoms with Crippen molar-refractivity contribution in [3.63, 3.8) is 0 Å². The summed E-state index contributed by atoms with van der Waals surface area (Å²) in [4.78, 5) is 29.9. The van der Waals surface area contributed by atoms with Crippen molar-refractivity contribution in [2.45, 2.75) is 36.8 Å². The van der Waals surface area contributed by atoms with Crippen LogP contribution in [-0.4, -0.2) is 54.7 Å². The van der Waals surface area contributed by atoms with Crippen LogP contribution in [0.15, 0.2) is 28.6 Å². The Morgan fingerprint density at radius 3 is 2.79 bits per heavy atom. The van der Waals surface area contributed by atoms with Crippen LogP contribution in [0.1, 0.15) is 32.6 Å². The monoisotopic (exact) mass is 511 g/mol. The number of nitrogens with one attached hydrogen (secondary N) is 1. The first kappa shape index (κ1) is 26.2. The van der Waals surface area contributed by atoms with Crippen LogP contribution in [0.4, 0.5) is 20.0 Å². The highest BCUT2D eigenvalue weighted by Gasteiger charge is 2.26. The average molecular weight is 512 g/mol. The molecule has 0 saturated heterocycles. The predicted octanol–water partition coefficient (Wildman–Crippen LogP) is 5.35. The van der Waals surface area contributed by atoms with Gasteiger partial charge in [0.15, 0.2) is 10.9 Å². The molecule has 1 saturated carbocycles. The van der Waals surface area contributed by atoms with Crippen molar-refractivity contribution in [3.05, 3.63) is 30.2 Å². The smallest absolute Gasteiger partial charge is 0.328 e. The van der Waals surface area contributed by atoms with Gasteiger partial charge in [-0.1, -0.05) is 31.1 Å². The number of urea groups is 1. The standard InChI is InChI=1S/C23H30FN3O5S2/c1-15(21(28)29)14-33-20-12-25-22(34-20)26-23(30)27(13-16-5-3-4-6-16)19-8-7-17(11-18(19)24)32-10-9-31-2/h7-8,11-12,15-16H,3-6,9-10,13-14H2,1-2H3,(H,28,29)(H,25,26,30). The van der Waals surface area contributed by atoms with Crippen LogP contribution in [0, 0.1) is 17.7 Å². The maximum absolute atomic E-state index is 15.0. The van der Waals surface area contributed by atoms with E-state index in [9.17, 15) is 9.59 Å². The summed E-state index contributed by atoms with van der Waals surface area (Å²) in [7, 11) is 1.56. The van der Waals surface area contributed by atoms with E-state index in [2.05, 4.69) is 10.3 Å². The molecule has 1 aliphatic carbocycles. The van der Waals surface area contributed by atoms with Crippen molar-refractivity contribution in [3.8, 4) is 5.75 Å². The fourth-order valence-corrected chi connectivity index (χ4v) is 5.50. The van der Waals surface area contributed by atoms with Gasteiger partial charge in [-0.3, -0.25) is 15.0 Å². The quantitative estimate of drug-likeness (QED) is 0.293. The van der Waals surface area contributed by atoms with Crippen LogP contribution in [0.25, 0.3) is 0 Å². The molecule has 186 valence electrons. The number of thioether (sulfide) groups is 1. The topological polar surface area (TPSA) is 101 Å². The molecule has 1 atom stereocenters. The van der Waals surface area contributed by atoms with Crippen LogP contribution in [-0.2, 0) is 9.53 Å². The van der Waals surface area contributed by atoms with E-state index < -0.39 is 23.7 Å². The van der Waals surface area contributed by atoms with Crippen LogP contribution in [0.5, 0.6) is 5.75 Å². The number of hydrogen-bond donors (Lipinski definition) is 2. The van der Waals surface area contributed by atoms with E-state index in [1.165, 1.54) is 34.1 Å². The summed E-state index contributed by atoms with van der Waals surface area (Å²) < 4.78 is 26.3. The molecule has 11 heteroatoms. The van der Waals surface area contributed by atoms with E-state index >= 15 is 4.39 Å². The maximum Gasteiger partial charge on any atom is 0.328 e. The Morgan fingerprint density at radius 1 is 1.35 bits per heavy atom. The molecule has 1 fully saturated rings. The number of carboxylic acids is 1. The van der Waals surface area contributed by atoms with E-state index in [1.807, 2.05) is 0 Å². The van der Waals surface area contributed by atoms with Crippen molar-refractivity contribution in [2.75, 3.05) is 42.8 Å². The van der Waals surface area contributed by atoms with Gasteiger partial charge >= 0.3 is 12.0 Å². The Balaban J connectivity index is 1.70. The Labute approximate surface area is 206 Å². The van der Waals surface area contributed by atoms with E-state index in [-0.39, 0.29) is 5.69 Å². The highest BCUT2D eigenvalue weighted by atomic mass is 32.2. The first-order valence-electron chi connectivity index (χ1n) is 11.2. The van der Waals surface area contributed by atoms with Gasteiger partial charge in [-0.15, -0.1) is 11.8 Å². The third-order valence-electron chi connectivity index (χ3n) is 5.52. The number of ether oxygens (including phenoxy) is 2. The van der Waals surface area contributed by atoms with Crippen molar-refractivity contribution < 1.29 is 28.6 Å². The van der Waals surface area contributed by atoms with Gasteiger partial charge < -0.3 is 14.6 Å². The highest BCUT2D eigenvalue weighted by molar-refractivity contribution is 8.01. The molecule has 1 aromatic carbocycles. The Kier molecular flexibility index (Phi) is 9.97. The van der Waals surface area contributed by atoms with Crippen LogP contribution >= 0.6 is 23.1 Å². The number of anilines is 2. The maximum atomic E-state index is 15.0. The minimum atomic E-state index is -0.856. The number of amides is 2. The van der Waals surface area contributed by atoms with E-state index in [0.717, 1.165) is 29.9 Å². The number of methoxy groups -OCH3 is 1. The number of rotatable bonds is 12. The molecule has 0 aliphatic heterocycles. The Morgan fingerprint density at radius 2 is 2.12 bits per heavy atom. The van der Waals surface area contributed by atoms with Crippen LogP contribution in [0.3, 0.4) is 0 Å². The van der Waals surface area contributed by atoms with Gasteiger partial charge in [0.2, 0.25) is 0 Å². The molecule has 0 radical (unpaired) electrons. The number of carboxylic acid groups (broad SMARTS) is 1. The second-order valence-corrected chi connectivity index (χ2v) is 10.5. The largest absolute Gasteiger partial charge is 0.491 e. The normalized spacial score (nSPS) is 14.7. The van der Waals surface area contributed by atoms with E-state index in [0.29, 0.717) is 42.3 Å². The molecule has 1 unspecified atom stereocenters. The molecule has 0 bridgehead atoms. The van der Waals surface area contributed by atoms with Gasteiger partial charge in [0.1, 0.15) is 12.4 Å². The zero-order valence-electron chi connectivity index (χ0n) is 19.3. The van der Waals surface area contributed by atoms with Crippen LogP contribution in [0.2, 0.25) is 0 Å². The zero-order chi connectivity index (χ0) is 24.5. The number of benzene rings is 1. The van der Waals surface area contributed by atoms with Crippen molar-refractivity contribution in [1.82, 2.24) is 4.98 Å². The van der Waals surface area contributed by atoms with Crippen molar-refractivity contribution in [2.24, 2.45) is 11.8 Å². The molecule has 2 N–H and O–H groups in total. The number of aromatic nitrogens is 1. The second-order valence-electron chi connectivity index (χ2n) is 8.18. The summed E-state index contributed by atoms with van der Waals surface area (Å²) in [5.41, 5.74) is 0.185. The molecule has 3 rings (SSSR count). The highest BCUT2D eigenvalue weighted by Crippen LogP contribution is 2.32. The Bertz CT molecular complexity index is 968. The Hall–Kier alpha value is -2.37. The fraction of sp³-hybridized carbons (Fsp3) is 0.522. The summed E-state index contributed by atoms with van der Waals surface area (Å²) in [6.07, 6.45) is 5.83. The van der Waals surface area contributed by atoms with Crippen molar-refractivity contribution in [1.29, 1.82) is 0 Å². The van der Waals surface area contributed by atoms with Gasteiger partial charge in [-0.25, -0.2) is 14.2 Å². The third kappa shape index (κ3) is 7.57. The molecule has 8 nitrogen and oxygen atoms in total. The van der Waals surface area contributed by atoms with Gasteiger partial charge in [0.05, 0.1) is 28.6 Å². The lowest BCUT2D eigenvalue weighted by Gasteiger charge is -2.26. The lowest BCUT2D eigenvalue weighted by Crippen LogP contribution is -2.38. The number of halogens is 1. The third-order valence-corrected chi connectivity index (χ3v) is 7.89. The SMILES string of the molecule is COCCOc1ccc(N(CC2CCCC2)C(=O)Nc2ncc(SCC(C)C(=O)O)s2)c(F)c1. The van der Waals surface area contributed by atoms with Gasteiger partial charge in [0, 0.05) is 25.5 Å². The molecule has 1 aromatic heterocycles. The lowest BCUT2D eigenvalue weighted by molar-refractivity contribution is -0.140. The second kappa shape index (κ2) is 12.9. The van der Waals surface area contributed by atoms with E-state index in [4.69, 9.17) is 14.6 Å². The number of aliphatic carboxylic acids is 1.